The van der Waals surface area contributed by atoms with Gasteiger partial charge in [-0.15, -0.1) is 0 Å². The minimum Gasteiger partial charge on any atom is -0.493 e. The minimum atomic E-state index is -0.379. The van der Waals surface area contributed by atoms with Gasteiger partial charge in [-0.05, 0) is 49.7 Å². The van der Waals surface area contributed by atoms with Crippen LogP contribution in [0.15, 0.2) is 54.2 Å². The first-order valence-electron chi connectivity index (χ1n) is 9.35. The molecular formula is C22H25ClN2O4. The van der Waals surface area contributed by atoms with Gasteiger partial charge in [-0.3, -0.25) is 4.79 Å². The molecule has 0 fully saturated rings. The predicted molar refractivity (Wildman–Crippen MR) is 116 cm³/mol. The van der Waals surface area contributed by atoms with Crippen LogP contribution in [0.3, 0.4) is 0 Å². The molecule has 7 heteroatoms. The van der Waals surface area contributed by atoms with E-state index in [1.807, 2.05) is 13.8 Å². The molecule has 1 N–H and O–H groups in total. The smallest absolute Gasteiger partial charge is 0.271 e. The van der Waals surface area contributed by atoms with Crippen molar-refractivity contribution >= 4 is 23.7 Å². The average molecular weight is 417 g/mol. The Morgan fingerprint density at radius 3 is 2.62 bits per heavy atom. The van der Waals surface area contributed by atoms with Gasteiger partial charge in [0.15, 0.2) is 11.5 Å². The highest BCUT2D eigenvalue weighted by Crippen LogP contribution is 2.28. The summed E-state index contributed by atoms with van der Waals surface area (Å²) >= 11 is 6.05. The molecule has 1 amide bonds. The number of ether oxygens (including phenoxy) is 3. The molecule has 0 unspecified atom stereocenters. The number of benzene rings is 2. The van der Waals surface area contributed by atoms with E-state index in [2.05, 4.69) is 17.1 Å². The fraction of sp³-hybridized carbons (Fsp3) is 0.273. The Hall–Kier alpha value is -2.99. The first kappa shape index (κ1) is 22.3. The van der Waals surface area contributed by atoms with Crippen molar-refractivity contribution in [3.05, 3.63) is 65.2 Å². The number of nitrogens with zero attached hydrogens (tertiary/aromatic N) is 1. The summed E-state index contributed by atoms with van der Waals surface area (Å²) in [6, 6.07) is 10.2. The minimum absolute atomic E-state index is 0.345. The van der Waals surface area contributed by atoms with Gasteiger partial charge in [0.1, 0.15) is 12.4 Å². The van der Waals surface area contributed by atoms with E-state index in [9.17, 15) is 4.79 Å². The molecule has 0 saturated heterocycles. The van der Waals surface area contributed by atoms with Crippen molar-refractivity contribution in [2.75, 3.05) is 19.8 Å². The monoisotopic (exact) mass is 416 g/mol. The van der Waals surface area contributed by atoms with E-state index in [0.29, 0.717) is 53.2 Å². The largest absolute Gasteiger partial charge is 0.493 e. The summed E-state index contributed by atoms with van der Waals surface area (Å²) in [6.45, 7) is 8.87. The number of carbonyl (C=O) groups is 1. The van der Waals surface area contributed by atoms with E-state index < -0.39 is 0 Å². The summed E-state index contributed by atoms with van der Waals surface area (Å²) < 4.78 is 16.8. The molecule has 6 nitrogen and oxygen atoms in total. The van der Waals surface area contributed by atoms with Crippen molar-refractivity contribution in [1.82, 2.24) is 5.43 Å². The zero-order valence-electron chi connectivity index (χ0n) is 16.6. The summed E-state index contributed by atoms with van der Waals surface area (Å²) in [4.78, 5) is 12.4. The van der Waals surface area contributed by atoms with E-state index in [-0.39, 0.29) is 5.91 Å². The van der Waals surface area contributed by atoms with Crippen LogP contribution in [-0.4, -0.2) is 31.9 Å². The second-order valence-electron chi connectivity index (χ2n) is 5.92. The Labute approximate surface area is 176 Å². The van der Waals surface area contributed by atoms with Gasteiger partial charge in [0.05, 0.1) is 19.4 Å². The van der Waals surface area contributed by atoms with Crippen LogP contribution in [0, 0.1) is 0 Å². The molecule has 154 valence electrons. The number of nitrogens with one attached hydrogen (secondary N) is 1. The van der Waals surface area contributed by atoms with Crippen molar-refractivity contribution in [2.45, 2.75) is 20.3 Å². The van der Waals surface area contributed by atoms with E-state index in [4.69, 9.17) is 25.8 Å². The normalized spacial score (nSPS) is 10.6. The Morgan fingerprint density at radius 1 is 1.10 bits per heavy atom. The number of rotatable bonds is 11. The molecule has 0 aliphatic rings. The second-order valence-corrected chi connectivity index (χ2v) is 6.36. The zero-order valence-corrected chi connectivity index (χ0v) is 17.4. The van der Waals surface area contributed by atoms with Crippen LogP contribution < -0.4 is 19.6 Å². The van der Waals surface area contributed by atoms with Crippen molar-refractivity contribution in [2.24, 2.45) is 5.10 Å². The molecule has 0 bridgehead atoms. The molecule has 29 heavy (non-hydrogen) atoms. The zero-order chi connectivity index (χ0) is 21.1. The molecule has 0 spiro atoms. The maximum absolute atomic E-state index is 12.4. The number of amides is 1. The van der Waals surface area contributed by atoms with Gasteiger partial charge in [0, 0.05) is 16.1 Å². The lowest BCUT2D eigenvalue weighted by Crippen LogP contribution is -2.18. The van der Waals surface area contributed by atoms with Crippen LogP contribution >= 0.6 is 11.6 Å². The van der Waals surface area contributed by atoms with Crippen LogP contribution in [0.4, 0.5) is 0 Å². The van der Waals surface area contributed by atoms with Gasteiger partial charge < -0.3 is 14.2 Å². The molecule has 0 radical (unpaired) electrons. The lowest BCUT2D eigenvalue weighted by atomic mass is 10.2. The fourth-order valence-corrected chi connectivity index (χ4v) is 2.55. The molecule has 0 aliphatic carbocycles. The van der Waals surface area contributed by atoms with E-state index in [1.54, 1.807) is 42.5 Å². The third kappa shape index (κ3) is 6.84. The molecule has 0 aliphatic heterocycles. The molecule has 2 aromatic carbocycles. The van der Waals surface area contributed by atoms with Gasteiger partial charge in [0.2, 0.25) is 0 Å². The van der Waals surface area contributed by atoms with Gasteiger partial charge >= 0.3 is 0 Å². The number of hydrazone groups is 1. The quantitative estimate of drug-likeness (QED) is 0.323. The number of hydrogen-bond donors (Lipinski definition) is 1. The Balaban J connectivity index is 2.11. The molecule has 2 rings (SSSR count). The van der Waals surface area contributed by atoms with E-state index in [0.717, 1.165) is 6.42 Å². The molecule has 0 aromatic heterocycles. The van der Waals surface area contributed by atoms with E-state index in [1.165, 1.54) is 6.21 Å². The van der Waals surface area contributed by atoms with Crippen molar-refractivity contribution < 1.29 is 19.0 Å². The van der Waals surface area contributed by atoms with Crippen LogP contribution in [0.5, 0.6) is 17.2 Å². The Bertz CT molecular complexity index is 868. The maximum atomic E-state index is 12.4. The third-order valence-corrected chi connectivity index (χ3v) is 3.90. The van der Waals surface area contributed by atoms with Gasteiger partial charge in [-0.25, -0.2) is 5.43 Å². The summed E-state index contributed by atoms with van der Waals surface area (Å²) in [5.74, 6) is 1.30. The highest BCUT2D eigenvalue weighted by molar-refractivity contribution is 6.30. The molecule has 2 aromatic rings. The molecule has 0 saturated carbocycles. The second kappa shape index (κ2) is 11.8. The van der Waals surface area contributed by atoms with Crippen LogP contribution in [-0.2, 0) is 0 Å². The summed E-state index contributed by atoms with van der Waals surface area (Å²) in [5, 5.41) is 4.58. The third-order valence-electron chi connectivity index (χ3n) is 3.67. The van der Waals surface area contributed by atoms with E-state index >= 15 is 0 Å². The predicted octanol–water partition coefficient (Wildman–Crippen LogP) is 4.86. The highest BCUT2D eigenvalue weighted by Gasteiger charge is 2.11. The summed E-state index contributed by atoms with van der Waals surface area (Å²) in [5.41, 5.74) is 3.57. The van der Waals surface area contributed by atoms with Crippen LogP contribution in [0.2, 0.25) is 5.02 Å². The number of hydrogen-bond acceptors (Lipinski definition) is 5. The molecule has 0 atom stereocenters. The highest BCUT2D eigenvalue weighted by atomic mass is 35.5. The topological polar surface area (TPSA) is 69.2 Å². The first-order chi connectivity index (χ1) is 14.1. The number of carbonyl (C=O) groups excluding carboxylic acids is 1. The summed E-state index contributed by atoms with van der Waals surface area (Å²) in [7, 11) is 0. The SMILES string of the molecule is C=CCOc1ccc(C(=O)N/N=C/c2cc(Cl)ccc2OCCC)cc1OCC. The van der Waals surface area contributed by atoms with Crippen molar-refractivity contribution in [3.8, 4) is 17.2 Å². The first-order valence-corrected chi connectivity index (χ1v) is 9.73. The van der Waals surface area contributed by atoms with Gasteiger partial charge in [-0.1, -0.05) is 31.2 Å². The number of halogens is 1. The Kier molecular flexibility index (Phi) is 9.05. The average Bonchev–Trinajstić information content (AvgIpc) is 2.72. The van der Waals surface area contributed by atoms with Crippen LogP contribution in [0.25, 0.3) is 0 Å². The van der Waals surface area contributed by atoms with Crippen molar-refractivity contribution in [3.63, 3.8) is 0 Å². The lowest BCUT2D eigenvalue weighted by Gasteiger charge is -2.12. The molecule has 0 heterocycles. The van der Waals surface area contributed by atoms with Crippen LogP contribution in [0.1, 0.15) is 36.2 Å². The lowest BCUT2D eigenvalue weighted by molar-refractivity contribution is 0.0954. The molecular weight excluding hydrogens is 392 g/mol. The maximum Gasteiger partial charge on any atom is 0.271 e. The fourth-order valence-electron chi connectivity index (χ4n) is 2.37. The Morgan fingerprint density at radius 2 is 1.90 bits per heavy atom. The summed E-state index contributed by atoms with van der Waals surface area (Å²) in [6.07, 6.45) is 4.02. The van der Waals surface area contributed by atoms with Crippen molar-refractivity contribution in [1.29, 1.82) is 0 Å². The van der Waals surface area contributed by atoms with Gasteiger partial charge in [-0.2, -0.15) is 5.10 Å². The standard InChI is InChI=1S/C22H25ClN2O4/c1-4-11-28-19-10-8-18(23)13-17(19)15-24-25-22(26)16-7-9-20(29-12-5-2)21(14-16)27-6-3/h5,7-10,13-15H,2,4,6,11-12H2,1,3H3,(H,25,26)/b24-15+. The van der Waals surface area contributed by atoms with Gasteiger partial charge in [0.25, 0.3) is 5.91 Å².